The fourth-order valence-corrected chi connectivity index (χ4v) is 3.43. The second kappa shape index (κ2) is 8.24. The molecule has 1 rings (SSSR count). The lowest BCUT2D eigenvalue weighted by Crippen LogP contribution is -2.29. The van der Waals surface area contributed by atoms with Crippen molar-refractivity contribution in [1.29, 1.82) is 0 Å². The first-order valence-electron chi connectivity index (χ1n) is 6.24. The molecule has 0 spiro atoms. The molecular formula is C12H16Cl2F2N2O2S. The Bertz CT molecular complexity index is 583. The fourth-order valence-electron chi connectivity index (χ4n) is 1.56. The van der Waals surface area contributed by atoms with Gasteiger partial charge in [0.2, 0.25) is 10.0 Å². The van der Waals surface area contributed by atoms with Crippen LogP contribution >= 0.6 is 23.2 Å². The lowest BCUT2D eigenvalue weighted by molar-refractivity contribution is 0.153. The number of hydrogen-bond donors (Lipinski definition) is 2. The summed E-state index contributed by atoms with van der Waals surface area (Å²) in [5, 5.41) is 3.28. The third-order valence-corrected chi connectivity index (χ3v) is 4.80. The zero-order valence-corrected chi connectivity index (χ0v) is 13.6. The molecule has 0 bridgehead atoms. The third-order valence-electron chi connectivity index (χ3n) is 2.56. The van der Waals surface area contributed by atoms with Gasteiger partial charge in [-0.2, -0.15) is 0 Å². The molecule has 0 amide bonds. The van der Waals surface area contributed by atoms with E-state index in [9.17, 15) is 17.2 Å². The summed E-state index contributed by atoms with van der Waals surface area (Å²) in [4.78, 5) is -0.262. The van der Waals surface area contributed by atoms with E-state index in [-0.39, 0.29) is 9.92 Å². The molecule has 4 nitrogen and oxygen atoms in total. The summed E-state index contributed by atoms with van der Waals surface area (Å²) >= 11 is 11.8. The molecular weight excluding hydrogens is 345 g/mol. The van der Waals surface area contributed by atoms with Gasteiger partial charge in [-0.1, -0.05) is 30.1 Å². The van der Waals surface area contributed by atoms with Crippen molar-refractivity contribution in [2.75, 3.05) is 13.1 Å². The summed E-state index contributed by atoms with van der Waals surface area (Å²) in [5.41, 5.74) is 0.534. The Hall–Kier alpha value is -0.470. The van der Waals surface area contributed by atoms with Crippen molar-refractivity contribution in [3.63, 3.8) is 0 Å². The highest BCUT2D eigenvalue weighted by atomic mass is 35.5. The van der Waals surface area contributed by atoms with E-state index in [1.165, 1.54) is 12.1 Å². The molecule has 1 aromatic rings. The van der Waals surface area contributed by atoms with Gasteiger partial charge in [0.25, 0.3) is 6.43 Å². The minimum atomic E-state index is -4.10. The maximum atomic E-state index is 12.1. The van der Waals surface area contributed by atoms with Crippen LogP contribution in [0, 0.1) is 0 Å². The average molecular weight is 361 g/mol. The zero-order valence-electron chi connectivity index (χ0n) is 11.3. The fraction of sp³-hybridized carbons (Fsp3) is 0.500. The van der Waals surface area contributed by atoms with E-state index in [1.807, 2.05) is 6.92 Å². The third kappa shape index (κ3) is 5.67. The number of nitrogens with one attached hydrogen (secondary N) is 2. The van der Waals surface area contributed by atoms with E-state index in [1.54, 1.807) is 4.72 Å². The molecule has 0 aliphatic rings. The van der Waals surface area contributed by atoms with E-state index in [0.29, 0.717) is 17.1 Å². The van der Waals surface area contributed by atoms with Gasteiger partial charge in [0.15, 0.2) is 0 Å². The molecule has 0 unspecified atom stereocenters. The predicted octanol–water partition coefficient (Wildman–Crippen LogP) is 3.04. The number of hydrogen-bond acceptors (Lipinski definition) is 3. The minimum Gasteiger partial charge on any atom is -0.313 e. The summed E-state index contributed by atoms with van der Waals surface area (Å²) in [6.45, 7) is 2.12. The molecule has 0 radical (unpaired) electrons. The molecule has 0 saturated heterocycles. The van der Waals surface area contributed by atoms with Gasteiger partial charge in [-0.3, -0.25) is 0 Å². The monoisotopic (exact) mass is 360 g/mol. The van der Waals surface area contributed by atoms with Gasteiger partial charge in [-0.25, -0.2) is 21.9 Å². The van der Waals surface area contributed by atoms with Crippen molar-refractivity contribution >= 4 is 33.2 Å². The van der Waals surface area contributed by atoms with E-state index in [2.05, 4.69) is 5.32 Å². The lowest BCUT2D eigenvalue weighted by Gasteiger charge is -2.12. The average Bonchev–Trinajstić information content (AvgIpc) is 2.39. The van der Waals surface area contributed by atoms with Crippen molar-refractivity contribution in [3.05, 3.63) is 27.7 Å². The van der Waals surface area contributed by atoms with E-state index >= 15 is 0 Å². The Morgan fingerprint density at radius 1 is 1.24 bits per heavy atom. The van der Waals surface area contributed by atoms with Gasteiger partial charge >= 0.3 is 0 Å². The van der Waals surface area contributed by atoms with Crippen LogP contribution in [0.2, 0.25) is 10.0 Å². The molecule has 0 aliphatic carbocycles. The molecule has 0 atom stereocenters. The Morgan fingerprint density at radius 2 is 1.90 bits per heavy atom. The van der Waals surface area contributed by atoms with Crippen LogP contribution in [0.3, 0.4) is 0 Å². The molecule has 0 heterocycles. The van der Waals surface area contributed by atoms with Gasteiger partial charge in [-0.05, 0) is 30.7 Å². The van der Waals surface area contributed by atoms with Crippen molar-refractivity contribution in [2.24, 2.45) is 0 Å². The van der Waals surface area contributed by atoms with Gasteiger partial charge in [-0.15, -0.1) is 0 Å². The van der Waals surface area contributed by atoms with Crippen molar-refractivity contribution in [3.8, 4) is 0 Å². The largest absolute Gasteiger partial charge is 0.313 e. The molecule has 9 heteroatoms. The van der Waals surface area contributed by atoms with Gasteiger partial charge < -0.3 is 5.32 Å². The van der Waals surface area contributed by atoms with Crippen LogP contribution in [0.25, 0.3) is 0 Å². The van der Waals surface area contributed by atoms with Crippen LogP contribution in [0.15, 0.2) is 17.0 Å². The number of benzene rings is 1. The Kier molecular flexibility index (Phi) is 7.29. The number of rotatable bonds is 8. The highest BCUT2D eigenvalue weighted by Gasteiger charge is 2.21. The lowest BCUT2D eigenvalue weighted by atomic mass is 10.2. The van der Waals surface area contributed by atoms with Crippen LogP contribution in [0.5, 0.6) is 0 Å². The van der Waals surface area contributed by atoms with E-state index in [0.717, 1.165) is 13.0 Å². The summed E-state index contributed by atoms with van der Waals surface area (Å²) in [5.74, 6) is 0. The second-order valence-electron chi connectivity index (χ2n) is 4.29. The molecule has 120 valence electrons. The smallest absolute Gasteiger partial charge is 0.251 e. The molecule has 2 N–H and O–H groups in total. The minimum absolute atomic E-state index is 0.110. The summed E-state index contributed by atoms with van der Waals surface area (Å²) < 4.78 is 50.0. The van der Waals surface area contributed by atoms with Crippen LogP contribution in [-0.4, -0.2) is 27.9 Å². The maximum Gasteiger partial charge on any atom is 0.251 e. The van der Waals surface area contributed by atoms with E-state index < -0.39 is 23.0 Å². The van der Waals surface area contributed by atoms with Gasteiger partial charge in [0.05, 0.1) is 11.6 Å². The Morgan fingerprint density at radius 3 is 2.48 bits per heavy atom. The van der Waals surface area contributed by atoms with E-state index in [4.69, 9.17) is 23.2 Å². The molecule has 0 aromatic heterocycles. The molecule has 1 aromatic carbocycles. The Balaban J connectivity index is 3.03. The van der Waals surface area contributed by atoms with Crippen molar-refractivity contribution in [2.45, 2.75) is 31.2 Å². The second-order valence-corrected chi connectivity index (χ2v) is 6.84. The van der Waals surface area contributed by atoms with Crippen molar-refractivity contribution in [1.82, 2.24) is 10.0 Å². The highest BCUT2D eigenvalue weighted by Crippen LogP contribution is 2.28. The summed E-state index contributed by atoms with van der Waals surface area (Å²) in [6.07, 6.45) is -1.87. The first-order chi connectivity index (χ1) is 9.77. The molecule has 0 fully saturated rings. The molecule has 0 saturated carbocycles. The maximum absolute atomic E-state index is 12.1. The Labute approximate surface area is 132 Å². The number of sulfonamides is 1. The quantitative estimate of drug-likeness (QED) is 0.700. The first-order valence-corrected chi connectivity index (χ1v) is 8.48. The standard InChI is InChI=1S/C12H16Cl2F2N2O2S/c1-2-3-17-6-8-4-11(10(14)5-9(8)13)21(19,20)18-7-12(15)16/h4-5,12,17-18H,2-3,6-7H2,1H3. The SMILES string of the molecule is CCCNCc1cc(S(=O)(=O)NCC(F)F)c(Cl)cc1Cl. The van der Waals surface area contributed by atoms with Crippen LogP contribution in [0.4, 0.5) is 8.78 Å². The number of halogens is 4. The van der Waals surface area contributed by atoms with Crippen molar-refractivity contribution < 1.29 is 17.2 Å². The summed E-state index contributed by atoms with van der Waals surface area (Å²) in [6, 6.07) is 2.59. The van der Waals surface area contributed by atoms with Gasteiger partial charge in [0, 0.05) is 11.6 Å². The first kappa shape index (κ1) is 18.6. The zero-order chi connectivity index (χ0) is 16.0. The topological polar surface area (TPSA) is 58.2 Å². The molecule has 0 aliphatic heterocycles. The molecule has 21 heavy (non-hydrogen) atoms. The normalized spacial score (nSPS) is 12.1. The highest BCUT2D eigenvalue weighted by molar-refractivity contribution is 7.89. The van der Waals surface area contributed by atoms with Crippen LogP contribution in [-0.2, 0) is 16.6 Å². The predicted molar refractivity (Wildman–Crippen MR) is 79.7 cm³/mol. The van der Waals surface area contributed by atoms with Crippen LogP contribution < -0.4 is 10.0 Å². The number of alkyl halides is 2. The van der Waals surface area contributed by atoms with Gasteiger partial charge in [0.1, 0.15) is 4.90 Å². The summed E-state index contributed by atoms with van der Waals surface area (Å²) in [7, 11) is -4.10. The van der Waals surface area contributed by atoms with Crippen LogP contribution in [0.1, 0.15) is 18.9 Å².